The first kappa shape index (κ1) is 18.8. The quantitative estimate of drug-likeness (QED) is 0.649. The number of amides is 1. The molecule has 2 aromatic carbocycles. The van der Waals surface area contributed by atoms with Crippen LogP contribution in [-0.2, 0) is 24.3 Å². The van der Waals surface area contributed by atoms with E-state index in [4.69, 9.17) is 9.47 Å². The maximum Gasteiger partial charge on any atom is 0.224 e. The molecule has 0 atom stereocenters. The van der Waals surface area contributed by atoms with Gasteiger partial charge in [0.2, 0.25) is 5.91 Å². The van der Waals surface area contributed by atoms with Crippen molar-refractivity contribution in [2.75, 3.05) is 18.5 Å². The van der Waals surface area contributed by atoms with Crippen LogP contribution in [0.25, 0.3) is 0 Å². The number of aromatic nitrogens is 1. The zero-order valence-corrected chi connectivity index (χ0v) is 16.1. The third kappa shape index (κ3) is 5.25. The van der Waals surface area contributed by atoms with E-state index in [-0.39, 0.29) is 5.91 Å². The van der Waals surface area contributed by atoms with E-state index < -0.39 is 0 Å². The van der Waals surface area contributed by atoms with Crippen LogP contribution in [0, 0.1) is 0 Å². The number of hydrogen-bond donors (Lipinski definition) is 2. The highest BCUT2D eigenvalue weighted by Gasteiger charge is 2.11. The van der Waals surface area contributed by atoms with Crippen LogP contribution in [-0.4, -0.2) is 24.1 Å². The average molecular weight is 389 g/mol. The van der Waals surface area contributed by atoms with Gasteiger partial charge in [-0.3, -0.25) is 9.78 Å². The monoisotopic (exact) mass is 389 g/mol. The third-order valence-electron chi connectivity index (χ3n) is 4.63. The lowest BCUT2D eigenvalue weighted by Crippen LogP contribution is -2.24. The van der Waals surface area contributed by atoms with Crippen molar-refractivity contribution < 1.29 is 14.3 Å². The van der Waals surface area contributed by atoms with Gasteiger partial charge in [-0.15, -0.1) is 0 Å². The molecule has 1 aliphatic heterocycles. The Morgan fingerprint density at radius 3 is 2.48 bits per heavy atom. The number of fused-ring (bicyclic) bond motifs is 1. The molecule has 0 aliphatic carbocycles. The molecule has 1 aliphatic rings. The van der Waals surface area contributed by atoms with Crippen LogP contribution >= 0.6 is 0 Å². The van der Waals surface area contributed by atoms with Gasteiger partial charge in [0.1, 0.15) is 13.2 Å². The van der Waals surface area contributed by atoms with Crippen LogP contribution in [0.4, 0.5) is 5.69 Å². The molecule has 2 heterocycles. The number of carbonyl (C=O) groups is 1. The Kier molecular flexibility index (Phi) is 5.90. The number of ether oxygens (including phenoxy) is 2. The van der Waals surface area contributed by atoms with Crippen LogP contribution in [0.2, 0.25) is 0 Å². The van der Waals surface area contributed by atoms with Gasteiger partial charge < -0.3 is 20.1 Å². The lowest BCUT2D eigenvalue weighted by Gasteiger charge is -2.19. The minimum absolute atomic E-state index is 0.00848. The summed E-state index contributed by atoms with van der Waals surface area (Å²) in [7, 11) is 0. The summed E-state index contributed by atoms with van der Waals surface area (Å²) in [5.41, 5.74) is 4.07. The summed E-state index contributed by atoms with van der Waals surface area (Å²) in [5.74, 6) is 1.58. The summed E-state index contributed by atoms with van der Waals surface area (Å²) in [6, 6.07) is 17.7. The molecule has 0 fully saturated rings. The predicted octanol–water partition coefficient (Wildman–Crippen LogP) is 3.32. The largest absolute Gasteiger partial charge is 0.486 e. The number of rotatable bonds is 7. The molecule has 4 rings (SSSR count). The fourth-order valence-electron chi connectivity index (χ4n) is 3.09. The van der Waals surface area contributed by atoms with Gasteiger partial charge in [0.15, 0.2) is 11.5 Å². The number of nitrogens with one attached hydrogen (secondary N) is 2. The van der Waals surface area contributed by atoms with E-state index in [1.165, 1.54) is 0 Å². The topological polar surface area (TPSA) is 72.5 Å². The second-order valence-corrected chi connectivity index (χ2v) is 6.84. The first-order chi connectivity index (χ1) is 14.3. The van der Waals surface area contributed by atoms with E-state index >= 15 is 0 Å². The molecule has 1 aromatic heterocycles. The fraction of sp³-hybridized carbons (Fsp3) is 0.217. The molecule has 6 heteroatoms. The van der Waals surface area contributed by atoms with E-state index in [1.54, 1.807) is 12.4 Å². The van der Waals surface area contributed by atoms with Crippen LogP contribution in [0.15, 0.2) is 67.0 Å². The second-order valence-electron chi connectivity index (χ2n) is 6.84. The molecule has 0 unspecified atom stereocenters. The Bertz CT molecular complexity index is 959. The maximum atomic E-state index is 12.1. The van der Waals surface area contributed by atoms with Gasteiger partial charge in [-0.05, 0) is 47.0 Å². The van der Waals surface area contributed by atoms with Gasteiger partial charge in [-0.1, -0.05) is 24.3 Å². The Balaban J connectivity index is 1.26. The van der Waals surface area contributed by atoms with Gasteiger partial charge in [-0.25, -0.2) is 0 Å². The summed E-state index contributed by atoms with van der Waals surface area (Å²) < 4.78 is 11.2. The van der Waals surface area contributed by atoms with Gasteiger partial charge in [-0.2, -0.15) is 0 Å². The average Bonchev–Trinajstić information content (AvgIpc) is 2.78. The van der Waals surface area contributed by atoms with Gasteiger partial charge in [0.25, 0.3) is 0 Å². The summed E-state index contributed by atoms with van der Waals surface area (Å²) in [4.78, 5) is 16.2. The lowest BCUT2D eigenvalue weighted by molar-refractivity contribution is -0.120. The van der Waals surface area contributed by atoms with Crippen LogP contribution in [0.1, 0.15) is 16.7 Å². The Hall–Kier alpha value is -3.54. The molecular formula is C23H23N3O3. The SMILES string of the molecule is O=C(Cc1ccc(NCc2ccc3c(c2)OCCO3)cc1)NCc1cccnc1. The van der Waals surface area contributed by atoms with Gasteiger partial charge in [0, 0.05) is 31.2 Å². The standard InChI is InChI=1S/C23H23N3O3/c27-23(26-16-19-2-1-9-24-14-19)13-17-3-6-20(7-4-17)25-15-18-5-8-21-22(12-18)29-11-10-28-21/h1-9,12,14,25H,10-11,13,15-16H2,(H,26,27). The molecular weight excluding hydrogens is 366 g/mol. The van der Waals surface area contributed by atoms with Crippen molar-refractivity contribution in [3.63, 3.8) is 0 Å². The minimum atomic E-state index is -0.00848. The molecule has 0 spiro atoms. The number of benzene rings is 2. The minimum Gasteiger partial charge on any atom is -0.486 e. The van der Waals surface area contributed by atoms with Crippen LogP contribution < -0.4 is 20.1 Å². The van der Waals surface area contributed by atoms with Crippen molar-refractivity contribution in [1.29, 1.82) is 0 Å². The highest BCUT2D eigenvalue weighted by Crippen LogP contribution is 2.30. The van der Waals surface area contributed by atoms with Crippen molar-refractivity contribution in [1.82, 2.24) is 10.3 Å². The van der Waals surface area contributed by atoms with Crippen molar-refractivity contribution in [3.05, 3.63) is 83.7 Å². The Labute approximate surface area is 169 Å². The van der Waals surface area contributed by atoms with E-state index in [2.05, 4.69) is 15.6 Å². The highest BCUT2D eigenvalue weighted by atomic mass is 16.6. The van der Waals surface area contributed by atoms with Crippen molar-refractivity contribution in [2.24, 2.45) is 0 Å². The third-order valence-corrected chi connectivity index (χ3v) is 4.63. The molecule has 0 radical (unpaired) electrons. The maximum absolute atomic E-state index is 12.1. The summed E-state index contributed by atoms with van der Waals surface area (Å²) >= 11 is 0. The molecule has 0 saturated heterocycles. The molecule has 3 aromatic rings. The number of pyridine rings is 1. The lowest BCUT2D eigenvalue weighted by atomic mass is 10.1. The second kappa shape index (κ2) is 9.10. The summed E-state index contributed by atoms with van der Waals surface area (Å²) in [6.45, 7) is 2.35. The van der Waals surface area contributed by atoms with Crippen molar-refractivity contribution in [2.45, 2.75) is 19.5 Å². The summed E-state index contributed by atoms with van der Waals surface area (Å²) in [6.07, 6.45) is 3.82. The first-order valence-electron chi connectivity index (χ1n) is 9.63. The molecule has 2 N–H and O–H groups in total. The molecule has 6 nitrogen and oxygen atoms in total. The molecule has 0 saturated carbocycles. The van der Waals surface area contributed by atoms with Crippen molar-refractivity contribution >= 4 is 11.6 Å². The molecule has 0 bridgehead atoms. The zero-order chi connectivity index (χ0) is 19.9. The summed E-state index contributed by atoms with van der Waals surface area (Å²) in [5, 5.41) is 6.31. The number of anilines is 1. The van der Waals surface area contributed by atoms with E-state index in [9.17, 15) is 4.79 Å². The zero-order valence-electron chi connectivity index (χ0n) is 16.1. The number of hydrogen-bond acceptors (Lipinski definition) is 5. The van der Waals surface area contributed by atoms with Crippen LogP contribution in [0.5, 0.6) is 11.5 Å². The molecule has 29 heavy (non-hydrogen) atoms. The first-order valence-corrected chi connectivity index (χ1v) is 9.63. The number of carbonyl (C=O) groups excluding carboxylic acids is 1. The smallest absolute Gasteiger partial charge is 0.224 e. The van der Waals surface area contributed by atoms with Gasteiger partial charge in [0.05, 0.1) is 6.42 Å². The molecule has 1 amide bonds. The van der Waals surface area contributed by atoms with Gasteiger partial charge >= 0.3 is 0 Å². The molecule has 148 valence electrons. The Morgan fingerprint density at radius 1 is 0.897 bits per heavy atom. The predicted molar refractivity (Wildman–Crippen MR) is 111 cm³/mol. The van der Waals surface area contributed by atoms with E-state index in [1.807, 2.05) is 54.6 Å². The number of nitrogens with zero attached hydrogens (tertiary/aromatic N) is 1. The fourth-order valence-corrected chi connectivity index (χ4v) is 3.09. The Morgan fingerprint density at radius 2 is 1.69 bits per heavy atom. The normalized spacial score (nSPS) is 12.3. The van der Waals surface area contributed by atoms with E-state index in [0.29, 0.717) is 32.7 Å². The van der Waals surface area contributed by atoms with E-state index in [0.717, 1.165) is 33.9 Å². The highest BCUT2D eigenvalue weighted by molar-refractivity contribution is 5.78. The van der Waals surface area contributed by atoms with Crippen molar-refractivity contribution in [3.8, 4) is 11.5 Å². The van der Waals surface area contributed by atoms with Crippen LogP contribution in [0.3, 0.4) is 0 Å².